The number of rotatable bonds is 31. The molecule has 0 bridgehead atoms. The number of esters is 8. The zero-order chi connectivity index (χ0) is 104. The van der Waals surface area contributed by atoms with Crippen LogP contribution in [0.4, 0.5) is 53.9 Å². The van der Waals surface area contributed by atoms with E-state index in [1.54, 1.807) is 212 Å². The molecule has 36 nitrogen and oxygen atoms in total. The quantitative estimate of drug-likeness (QED) is 0.0104. The molecular weight excluding hydrogens is 1910 g/mol. The maximum atomic E-state index is 14.3. The number of carbonyl (C=O) groups excluding carboxylic acids is 11. The van der Waals surface area contributed by atoms with Crippen LogP contribution in [0.3, 0.4) is 0 Å². The number of hydrogen-bond acceptors (Lipinski definition) is 30. The first-order valence-electron chi connectivity index (χ1n) is 42.0. The molecule has 773 valence electrons. The molecule has 0 saturated carbocycles. The Kier molecular flexibility index (Phi) is 53.9. The van der Waals surface area contributed by atoms with Crippen LogP contribution in [0, 0.1) is 11.8 Å². The SMILES string of the molecule is C.CC(C)(C)OC(=O)CC(CC(=O)OCc1ccccc1)C(O)C(F)(F)F.CC(C)(C)OC(=O)CC(N)C(O)C(F)(F)F.CC(C)(C)OC(=O)CC1C(=O)OCN1C(=O)OCc1ccccc1.CC(C)(C)OC(=O)CC1N(C(=O)OCc2ccccc2)COC1(O[Si](C)(C)C)C(F)(F)F.O=C(O)CC1C(=O)OCN1C(=O)OCc1ccccc1.O=C(O)C[C@@H](CC(=O)OCc1ccccc1)C(=O)O.[B].[H-].[Na+]. The number of amides is 3. The van der Waals surface area contributed by atoms with Crippen LogP contribution in [-0.4, -0.2) is 244 Å². The van der Waals surface area contributed by atoms with Gasteiger partial charge in [-0.2, -0.15) is 39.5 Å². The molecule has 0 spiro atoms. The van der Waals surface area contributed by atoms with Gasteiger partial charge in [0, 0.05) is 20.4 Å². The second-order valence-corrected chi connectivity index (χ2v) is 39.8. The van der Waals surface area contributed by atoms with Crippen molar-refractivity contribution in [3.8, 4) is 0 Å². The fourth-order valence-corrected chi connectivity index (χ4v) is 12.9. The third-order valence-corrected chi connectivity index (χ3v) is 18.5. The minimum absolute atomic E-state index is 0. The molecule has 9 atom stereocenters. The first kappa shape index (κ1) is 129. The van der Waals surface area contributed by atoms with Crippen molar-refractivity contribution in [2.75, 3.05) is 20.2 Å². The van der Waals surface area contributed by atoms with E-state index in [0.29, 0.717) is 11.1 Å². The summed E-state index contributed by atoms with van der Waals surface area (Å²) in [6, 6.07) is 38.7. The number of nitrogens with zero attached hydrogens (tertiary/aromatic N) is 3. The number of halogens is 9. The third-order valence-electron chi connectivity index (χ3n) is 17.6. The number of carboxylic acids is 3. The maximum absolute atomic E-state index is 14.3. The van der Waals surface area contributed by atoms with Crippen LogP contribution in [0.1, 0.15) is 171 Å². The smallest absolute Gasteiger partial charge is 1.00 e. The summed E-state index contributed by atoms with van der Waals surface area (Å²) in [5.74, 6) is -16.2. The first-order valence-corrected chi connectivity index (χ1v) is 45.4. The molecule has 8 unspecified atom stereocenters. The Hall–Kier alpha value is -11.5. The fourth-order valence-electron chi connectivity index (χ4n) is 11.7. The van der Waals surface area contributed by atoms with Crippen molar-refractivity contribution in [2.24, 2.45) is 17.6 Å². The number of aliphatic carboxylic acids is 3. The molecule has 3 radical (unpaired) electrons. The van der Waals surface area contributed by atoms with Gasteiger partial charge in [-0.3, -0.25) is 57.9 Å². The molecule has 5 aromatic carbocycles. The number of cyclic esters (lactones) is 2. The Bertz CT molecular complexity index is 4750. The summed E-state index contributed by atoms with van der Waals surface area (Å²) in [5, 5.41) is 44.3. The summed E-state index contributed by atoms with van der Waals surface area (Å²) in [4.78, 5) is 165. The van der Waals surface area contributed by atoms with E-state index in [4.69, 9.17) is 82.7 Å². The van der Waals surface area contributed by atoms with Gasteiger partial charge in [0.05, 0.1) is 57.3 Å². The summed E-state index contributed by atoms with van der Waals surface area (Å²) >= 11 is 0. The van der Waals surface area contributed by atoms with Crippen molar-refractivity contribution in [2.45, 2.75) is 278 Å². The Balaban J connectivity index is 0. The van der Waals surface area contributed by atoms with Gasteiger partial charge in [-0.25, -0.2) is 24.0 Å². The number of ether oxygens (including phenoxy) is 12. The zero-order valence-corrected chi connectivity index (χ0v) is 82.5. The molecule has 3 heterocycles. The van der Waals surface area contributed by atoms with Crippen LogP contribution in [0.2, 0.25) is 19.6 Å². The van der Waals surface area contributed by atoms with E-state index in [1.807, 2.05) is 42.5 Å². The zero-order valence-electron chi connectivity index (χ0n) is 80.5. The van der Waals surface area contributed by atoms with Gasteiger partial charge >= 0.3 is 132 Å². The van der Waals surface area contributed by atoms with Crippen molar-refractivity contribution in [3.63, 3.8) is 0 Å². The van der Waals surface area contributed by atoms with E-state index >= 15 is 0 Å². The van der Waals surface area contributed by atoms with Crippen LogP contribution in [0.5, 0.6) is 0 Å². The van der Waals surface area contributed by atoms with Crippen LogP contribution in [0.25, 0.3) is 0 Å². The van der Waals surface area contributed by atoms with E-state index in [1.165, 1.54) is 0 Å². The molecule has 3 aliphatic heterocycles. The number of benzene rings is 5. The average Bonchev–Trinajstić information content (AvgIpc) is 1.65. The van der Waals surface area contributed by atoms with Crippen molar-refractivity contribution >= 4 is 101 Å². The monoisotopic (exact) mass is 2030 g/mol. The maximum Gasteiger partial charge on any atom is 1.00 e. The summed E-state index contributed by atoms with van der Waals surface area (Å²) < 4.78 is 183. The predicted octanol–water partition coefficient (Wildman–Crippen LogP) is 11.1. The molecule has 8 rings (SSSR count). The van der Waals surface area contributed by atoms with Gasteiger partial charge in [-0.05, 0) is 131 Å². The van der Waals surface area contributed by atoms with Gasteiger partial charge in [0.15, 0.2) is 34.0 Å². The number of carbonyl (C=O) groups is 14. The van der Waals surface area contributed by atoms with Crippen molar-refractivity contribution in [1.29, 1.82) is 0 Å². The number of carboxylic acid groups (broad SMARTS) is 3. The number of aliphatic hydroxyl groups is 2. The molecule has 7 N–H and O–H groups in total. The van der Waals surface area contributed by atoms with E-state index in [-0.39, 0.29) is 99.7 Å². The molecule has 3 saturated heterocycles. The van der Waals surface area contributed by atoms with E-state index < -0.39 is 239 Å². The van der Waals surface area contributed by atoms with Crippen LogP contribution in [0.15, 0.2) is 152 Å². The van der Waals surface area contributed by atoms with Crippen molar-refractivity contribution < 1.29 is 224 Å². The largest absolute Gasteiger partial charge is 1.00 e. The van der Waals surface area contributed by atoms with Gasteiger partial charge in [0.2, 0.25) is 0 Å². The molecule has 140 heavy (non-hydrogen) atoms. The molecule has 0 aromatic heterocycles. The molecular formula is C92H122BF9N4NaO32Si. The van der Waals surface area contributed by atoms with Gasteiger partial charge < -0.3 is 94.0 Å². The normalized spacial score (nSPS) is 16.7. The van der Waals surface area contributed by atoms with Crippen molar-refractivity contribution in [3.05, 3.63) is 179 Å². The van der Waals surface area contributed by atoms with E-state index in [9.17, 15) is 112 Å². The second-order valence-electron chi connectivity index (χ2n) is 35.4. The van der Waals surface area contributed by atoms with Gasteiger partial charge in [0.25, 0.3) is 5.79 Å². The Labute approximate surface area is 830 Å². The van der Waals surface area contributed by atoms with E-state index in [0.717, 1.165) is 31.4 Å². The van der Waals surface area contributed by atoms with Crippen molar-refractivity contribution in [1.82, 2.24) is 14.7 Å². The van der Waals surface area contributed by atoms with Crippen LogP contribution >= 0.6 is 0 Å². The number of nitrogens with two attached hydrogens (primary N) is 1. The topological polar surface area (TPSA) is 496 Å². The first-order chi connectivity index (χ1) is 63.2. The second kappa shape index (κ2) is 58.7. The standard InChI is InChI=1S/C21H30F3NO6Si.C18H23F3O5.C17H21NO6.C13H13NO6.C13H14O6.C9H16F3NO3.CH4.B.Na.H/c1-19(2,3)30-17(26)12-16-20(21(22,23)24,31-32(4,5)6)29-14-25(16)18(27)28-13-15-10-8-7-9-11-15;1-17(2,3)26-15(23)10-13(16(24)18(19,20)21)9-14(22)25-11-12-7-5-4-6-8-12;1-17(2,3)24-14(19)9-13-15(20)23-11-18(13)16(21)22-10-12-7-5-4-6-8-12;15-11(16)6-10-12(17)20-8-14(10)13(18)19-7-9-4-2-1-3-5-9;14-11(15)6-10(13(17)18)7-12(16)19-8-9-4-2-1-3-5-9;1-8(2,3)16-6(14)4-5(13)7(15)9(10,11)12;;;;/h7-11,16H,12-14H2,1-6H3;4-8,13,16,24H,9-11H2,1-3H3;4-8,13H,9-11H2,1-3H3;1-5,10H,6-8H2,(H,15,16);1-5,10H,6-8H2,(H,14,15)(H,17,18);5,7,15H,4,13H2,1-3H3;1H4;;;/q;;;;;;;;+1;-1/t;;;;10-;;;;;/m....0...../s1. The molecule has 3 amide bonds. The minimum atomic E-state index is -5.02. The van der Waals surface area contributed by atoms with Crippen LogP contribution < -0.4 is 35.3 Å². The van der Waals surface area contributed by atoms with Gasteiger partial charge in [-0.15, -0.1) is 0 Å². The predicted molar refractivity (Wildman–Crippen MR) is 476 cm³/mol. The molecule has 5 aromatic rings. The van der Waals surface area contributed by atoms with Gasteiger partial charge in [-0.1, -0.05) is 159 Å². The Morgan fingerprint density at radius 2 is 0.721 bits per heavy atom. The Morgan fingerprint density at radius 3 is 1.03 bits per heavy atom. The van der Waals surface area contributed by atoms with E-state index in [2.05, 4.69) is 4.74 Å². The average molecular weight is 2030 g/mol. The minimum Gasteiger partial charge on any atom is -1.00 e. The number of hydrogen-bond donors (Lipinski definition) is 6. The molecule has 3 fully saturated rings. The summed E-state index contributed by atoms with van der Waals surface area (Å²) in [6.07, 6.45) is -27.7. The Morgan fingerprint density at radius 1 is 0.421 bits per heavy atom. The number of alkyl halides is 9. The molecule has 0 aliphatic carbocycles. The summed E-state index contributed by atoms with van der Waals surface area (Å²) in [5.41, 5.74) is 5.50. The summed E-state index contributed by atoms with van der Waals surface area (Å²) in [6.45, 7) is 22.7. The fraction of sp³-hybridized carbons (Fsp3) is 0.522. The third kappa shape index (κ3) is 50.6. The van der Waals surface area contributed by atoms with Gasteiger partial charge in [0.1, 0.15) is 80.3 Å². The van der Waals surface area contributed by atoms with Crippen LogP contribution in [-0.2, 0) is 147 Å². The molecule has 3 aliphatic rings. The molecule has 48 heteroatoms. The summed E-state index contributed by atoms with van der Waals surface area (Å²) in [7, 11) is -2.86. The number of aliphatic hydroxyl groups excluding tert-OH is 2.